The molecule has 0 aromatic carbocycles. The van der Waals surface area contributed by atoms with E-state index in [0.29, 0.717) is 43.0 Å². The molecule has 2 aromatic heterocycles. The number of piperazine rings is 1. The lowest BCUT2D eigenvalue weighted by Gasteiger charge is -2.34. The van der Waals surface area contributed by atoms with Crippen LogP contribution in [0.4, 0.5) is 11.1 Å². The third kappa shape index (κ3) is 4.05. The van der Waals surface area contributed by atoms with E-state index >= 15 is 0 Å². The average Bonchev–Trinajstić information content (AvgIpc) is 3.02. The second kappa shape index (κ2) is 7.35. The van der Waals surface area contributed by atoms with E-state index in [1.807, 2.05) is 4.90 Å². The van der Waals surface area contributed by atoms with Gasteiger partial charge in [-0.15, -0.1) is 11.3 Å². The van der Waals surface area contributed by atoms with Crippen LogP contribution in [-0.2, 0) is 16.0 Å². The van der Waals surface area contributed by atoms with Crippen molar-refractivity contribution < 1.29 is 9.59 Å². The summed E-state index contributed by atoms with van der Waals surface area (Å²) in [4.78, 5) is 40.0. The summed E-state index contributed by atoms with van der Waals surface area (Å²) in [6, 6.07) is 1.78. The molecule has 1 saturated heterocycles. The van der Waals surface area contributed by atoms with E-state index in [0.717, 1.165) is 0 Å². The molecule has 0 saturated carbocycles. The fraction of sp³-hybridized carbons (Fsp3) is 0.400. The number of amides is 2. The minimum absolute atomic E-state index is 0.0447. The second-order valence-corrected chi connectivity index (χ2v) is 6.28. The van der Waals surface area contributed by atoms with Crippen LogP contribution in [0.3, 0.4) is 0 Å². The van der Waals surface area contributed by atoms with Crippen LogP contribution in [0.5, 0.6) is 0 Å². The molecular formula is C15H18N6O2S. The fourth-order valence-electron chi connectivity index (χ4n) is 2.47. The summed E-state index contributed by atoms with van der Waals surface area (Å²) in [5.41, 5.74) is 0.683. The zero-order chi connectivity index (χ0) is 16.9. The van der Waals surface area contributed by atoms with E-state index in [1.165, 1.54) is 18.3 Å². The number of rotatable bonds is 4. The summed E-state index contributed by atoms with van der Waals surface area (Å²) in [5, 5.41) is 4.95. The van der Waals surface area contributed by atoms with Gasteiger partial charge in [0.15, 0.2) is 5.13 Å². The summed E-state index contributed by atoms with van der Waals surface area (Å²) < 4.78 is 0. The maximum Gasteiger partial charge on any atom is 0.228 e. The first-order valence-corrected chi connectivity index (χ1v) is 8.51. The molecule has 8 nitrogen and oxygen atoms in total. The van der Waals surface area contributed by atoms with Gasteiger partial charge in [0, 0.05) is 50.9 Å². The van der Waals surface area contributed by atoms with Gasteiger partial charge in [0.2, 0.25) is 17.8 Å². The quantitative estimate of drug-likeness (QED) is 0.880. The Balaban J connectivity index is 1.52. The molecule has 3 rings (SSSR count). The van der Waals surface area contributed by atoms with Gasteiger partial charge >= 0.3 is 0 Å². The Morgan fingerprint density at radius 1 is 1.21 bits per heavy atom. The highest BCUT2D eigenvalue weighted by atomic mass is 32.1. The summed E-state index contributed by atoms with van der Waals surface area (Å²) in [7, 11) is 0. The Labute approximate surface area is 143 Å². The van der Waals surface area contributed by atoms with Crippen molar-refractivity contribution in [1.82, 2.24) is 19.9 Å². The normalized spacial score (nSPS) is 14.5. The van der Waals surface area contributed by atoms with Gasteiger partial charge in [0.05, 0.1) is 12.1 Å². The highest BCUT2D eigenvalue weighted by Gasteiger charge is 2.23. The number of hydrogen-bond acceptors (Lipinski definition) is 7. The predicted octanol–water partition coefficient (Wildman–Crippen LogP) is 0.783. The van der Waals surface area contributed by atoms with Crippen molar-refractivity contribution in [3.63, 3.8) is 0 Å². The van der Waals surface area contributed by atoms with Crippen LogP contribution in [0.25, 0.3) is 0 Å². The first kappa shape index (κ1) is 16.3. The molecule has 0 aliphatic carbocycles. The monoisotopic (exact) mass is 346 g/mol. The molecule has 2 aromatic rings. The van der Waals surface area contributed by atoms with Gasteiger partial charge in [0.1, 0.15) is 0 Å². The lowest BCUT2D eigenvalue weighted by Crippen LogP contribution is -2.49. The Morgan fingerprint density at radius 3 is 2.58 bits per heavy atom. The maximum absolute atomic E-state index is 12.4. The number of nitrogens with one attached hydrogen (secondary N) is 1. The highest BCUT2D eigenvalue weighted by Crippen LogP contribution is 2.17. The minimum atomic E-state index is -0.165. The standard InChI is InChI=1S/C15H18N6O2S/c1-11(22)18-15-19-12(10-24-15)9-13(23)20-5-7-21(8-6-20)14-16-3-2-4-17-14/h2-4,10H,5-9H2,1H3,(H,18,19,22). The van der Waals surface area contributed by atoms with Crippen LogP contribution in [-0.4, -0.2) is 57.8 Å². The molecule has 1 fully saturated rings. The first-order chi connectivity index (χ1) is 11.6. The smallest absolute Gasteiger partial charge is 0.228 e. The van der Waals surface area contributed by atoms with Crippen molar-refractivity contribution in [2.24, 2.45) is 0 Å². The number of carbonyl (C=O) groups is 2. The third-order valence-corrected chi connectivity index (χ3v) is 4.44. The molecule has 3 heterocycles. The number of nitrogens with zero attached hydrogens (tertiary/aromatic N) is 5. The molecule has 1 N–H and O–H groups in total. The molecule has 0 unspecified atom stereocenters. The van der Waals surface area contributed by atoms with Crippen molar-refractivity contribution in [3.05, 3.63) is 29.5 Å². The van der Waals surface area contributed by atoms with E-state index in [2.05, 4.69) is 25.2 Å². The van der Waals surface area contributed by atoms with Crippen LogP contribution < -0.4 is 10.2 Å². The van der Waals surface area contributed by atoms with E-state index in [1.54, 1.807) is 23.8 Å². The highest BCUT2D eigenvalue weighted by molar-refractivity contribution is 7.13. The molecular weight excluding hydrogens is 328 g/mol. The lowest BCUT2D eigenvalue weighted by atomic mass is 10.2. The number of aromatic nitrogens is 3. The van der Waals surface area contributed by atoms with Crippen LogP contribution in [0.15, 0.2) is 23.8 Å². The van der Waals surface area contributed by atoms with Gasteiger partial charge in [-0.2, -0.15) is 0 Å². The Bertz CT molecular complexity index is 712. The molecule has 2 amide bonds. The van der Waals surface area contributed by atoms with Crippen LogP contribution >= 0.6 is 11.3 Å². The molecule has 0 spiro atoms. The molecule has 9 heteroatoms. The predicted molar refractivity (Wildman–Crippen MR) is 90.9 cm³/mol. The topological polar surface area (TPSA) is 91.3 Å². The summed E-state index contributed by atoms with van der Waals surface area (Å²) >= 11 is 1.33. The Hall–Kier alpha value is -2.55. The zero-order valence-corrected chi connectivity index (χ0v) is 14.1. The van der Waals surface area contributed by atoms with Crippen molar-refractivity contribution in [3.8, 4) is 0 Å². The summed E-state index contributed by atoms with van der Waals surface area (Å²) in [5.74, 6) is 0.578. The molecule has 0 bridgehead atoms. The van der Waals surface area contributed by atoms with Gasteiger partial charge in [-0.3, -0.25) is 9.59 Å². The third-order valence-electron chi connectivity index (χ3n) is 3.63. The fourth-order valence-corrected chi connectivity index (χ4v) is 3.23. The SMILES string of the molecule is CC(=O)Nc1nc(CC(=O)N2CCN(c3ncccn3)CC2)cs1. The minimum Gasteiger partial charge on any atom is -0.339 e. The van der Waals surface area contributed by atoms with Gasteiger partial charge in [-0.1, -0.05) is 0 Å². The van der Waals surface area contributed by atoms with Gasteiger partial charge in [0.25, 0.3) is 0 Å². The van der Waals surface area contributed by atoms with E-state index in [9.17, 15) is 9.59 Å². The van der Waals surface area contributed by atoms with E-state index in [4.69, 9.17) is 0 Å². The largest absolute Gasteiger partial charge is 0.339 e. The number of thiazole rings is 1. The van der Waals surface area contributed by atoms with Gasteiger partial charge in [-0.25, -0.2) is 15.0 Å². The molecule has 0 atom stereocenters. The maximum atomic E-state index is 12.4. The van der Waals surface area contributed by atoms with E-state index < -0.39 is 0 Å². The average molecular weight is 346 g/mol. The van der Waals surface area contributed by atoms with Crippen molar-refractivity contribution in [2.45, 2.75) is 13.3 Å². The number of hydrogen-bond donors (Lipinski definition) is 1. The second-order valence-electron chi connectivity index (χ2n) is 5.42. The molecule has 126 valence electrons. The number of carbonyl (C=O) groups excluding carboxylic acids is 2. The van der Waals surface area contributed by atoms with Crippen molar-refractivity contribution in [2.75, 3.05) is 36.4 Å². The van der Waals surface area contributed by atoms with Crippen molar-refractivity contribution >= 4 is 34.2 Å². The Morgan fingerprint density at radius 2 is 1.92 bits per heavy atom. The molecule has 1 aliphatic heterocycles. The first-order valence-electron chi connectivity index (χ1n) is 7.63. The molecule has 1 aliphatic rings. The summed E-state index contributed by atoms with van der Waals surface area (Å²) in [6.45, 7) is 4.13. The van der Waals surface area contributed by atoms with Crippen LogP contribution in [0.1, 0.15) is 12.6 Å². The Kier molecular flexibility index (Phi) is 4.99. The van der Waals surface area contributed by atoms with Gasteiger partial charge < -0.3 is 15.1 Å². The lowest BCUT2D eigenvalue weighted by molar-refractivity contribution is -0.130. The number of anilines is 2. The van der Waals surface area contributed by atoms with Crippen LogP contribution in [0.2, 0.25) is 0 Å². The van der Waals surface area contributed by atoms with E-state index in [-0.39, 0.29) is 18.2 Å². The van der Waals surface area contributed by atoms with Crippen LogP contribution in [0, 0.1) is 0 Å². The van der Waals surface area contributed by atoms with Gasteiger partial charge in [-0.05, 0) is 6.07 Å². The van der Waals surface area contributed by atoms with Crippen molar-refractivity contribution in [1.29, 1.82) is 0 Å². The zero-order valence-electron chi connectivity index (χ0n) is 13.3. The summed E-state index contributed by atoms with van der Waals surface area (Å²) in [6.07, 6.45) is 3.68. The molecule has 0 radical (unpaired) electrons. The molecule has 24 heavy (non-hydrogen) atoms.